The molecule has 0 aromatic carbocycles. The van der Waals surface area contributed by atoms with Crippen molar-refractivity contribution in [2.24, 2.45) is 0 Å². The minimum Gasteiger partial charge on any atom is -0.631 e. The van der Waals surface area contributed by atoms with E-state index in [4.69, 9.17) is 9.47 Å². The van der Waals surface area contributed by atoms with E-state index in [1.54, 1.807) is 21.0 Å². The van der Waals surface area contributed by atoms with E-state index in [0.29, 0.717) is 13.2 Å². The van der Waals surface area contributed by atoms with Gasteiger partial charge in [-0.3, -0.25) is 0 Å². The van der Waals surface area contributed by atoms with Crippen LogP contribution in [0.25, 0.3) is 0 Å². The highest BCUT2D eigenvalue weighted by molar-refractivity contribution is 4.46. The van der Waals surface area contributed by atoms with Gasteiger partial charge in [-0.1, -0.05) is 51.9 Å². The summed E-state index contributed by atoms with van der Waals surface area (Å²) in [7, 11) is 3.18. The van der Waals surface area contributed by atoms with Crippen LogP contribution in [0.3, 0.4) is 0 Å². The molecule has 0 heterocycles. The Balaban J connectivity index is 3.14. The Labute approximate surface area is 125 Å². The summed E-state index contributed by atoms with van der Waals surface area (Å²) in [5, 5.41) is 11.5. The molecule has 0 N–H and O–H groups in total. The Morgan fingerprint density at radius 3 is 1.95 bits per heavy atom. The first-order valence-corrected chi connectivity index (χ1v) is 8.22. The summed E-state index contributed by atoms with van der Waals surface area (Å²) in [5.41, 5.74) is 0. The van der Waals surface area contributed by atoms with Crippen LogP contribution in [0.5, 0.6) is 0 Å². The van der Waals surface area contributed by atoms with Crippen LogP contribution in [0.15, 0.2) is 0 Å². The molecule has 0 aliphatic rings. The highest BCUT2D eigenvalue weighted by Gasteiger charge is 2.13. The summed E-state index contributed by atoms with van der Waals surface area (Å²) in [5.74, 6) is 0. The molecule has 20 heavy (non-hydrogen) atoms. The first kappa shape index (κ1) is 19.8. The van der Waals surface area contributed by atoms with E-state index >= 15 is 0 Å². The number of ether oxygens (including phenoxy) is 2. The highest BCUT2D eigenvalue weighted by Crippen LogP contribution is 2.08. The van der Waals surface area contributed by atoms with Gasteiger partial charge >= 0.3 is 0 Å². The van der Waals surface area contributed by atoms with Gasteiger partial charge in [-0.2, -0.15) is 0 Å². The molecule has 4 heteroatoms. The van der Waals surface area contributed by atoms with Crippen LogP contribution >= 0.6 is 0 Å². The lowest BCUT2D eigenvalue weighted by atomic mass is 10.1. The monoisotopic (exact) mass is 289 g/mol. The van der Waals surface area contributed by atoms with Crippen LogP contribution in [-0.4, -0.2) is 44.8 Å². The topological polar surface area (TPSA) is 41.5 Å². The van der Waals surface area contributed by atoms with Crippen molar-refractivity contribution in [1.82, 2.24) is 0 Å². The molecule has 0 fully saturated rings. The first-order chi connectivity index (χ1) is 9.48. The second-order valence-corrected chi connectivity index (χ2v) is 5.99. The summed E-state index contributed by atoms with van der Waals surface area (Å²) in [6, 6.07) is 0. The largest absolute Gasteiger partial charge is 0.631 e. The summed E-state index contributed by atoms with van der Waals surface area (Å²) in [6.07, 6.45) is 10.2. The van der Waals surface area contributed by atoms with E-state index < -0.39 is 4.65 Å². The van der Waals surface area contributed by atoms with Crippen molar-refractivity contribution in [2.75, 3.05) is 33.9 Å². The normalized spacial score (nSPS) is 13.7. The molecule has 0 saturated carbocycles. The van der Waals surface area contributed by atoms with Gasteiger partial charge in [0.05, 0.1) is 27.3 Å². The van der Waals surface area contributed by atoms with E-state index in [-0.39, 0.29) is 6.23 Å². The molecule has 0 aliphatic carbocycles. The van der Waals surface area contributed by atoms with E-state index in [9.17, 15) is 5.21 Å². The molecule has 0 rings (SSSR count). The maximum absolute atomic E-state index is 11.5. The molecule has 4 nitrogen and oxygen atoms in total. The number of nitrogens with zero attached hydrogens (tertiary/aromatic N) is 1. The van der Waals surface area contributed by atoms with Gasteiger partial charge in [-0.05, 0) is 6.42 Å². The Morgan fingerprint density at radius 1 is 0.850 bits per heavy atom. The van der Waals surface area contributed by atoms with Gasteiger partial charge in [0.1, 0.15) is 0 Å². The fourth-order valence-corrected chi connectivity index (χ4v) is 1.90. The zero-order valence-electron chi connectivity index (χ0n) is 14.0. The van der Waals surface area contributed by atoms with E-state index in [2.05, 4.69) is 6.92 Å². The van der Waals surface area contributed by atoms with Crippen LogP contribution in [0, 0.1) is 5.21 Å². The van der Waals surface area contributed by atoms with Crippen LogP contribution in [0.4, 0.5) is 0 Å². The fourth-order valence-electron chi connectivity index (χ4n) is 1.90. The number of hydrogen-bond donors (Lipinski definition) is 0. The molecule has 1 atom stereocenters. The van der Waals surface area contributed by atoms with Crippen molar-refractivity contribution in [2.45, 2.75) is 71.4 Å². The second kappa shape index (κ2) is 12.6. The van der Waals surface area contributed by atoms with Crippen molar-refractivity contribution >= 4 is 0 Å². The SMILES string of the molecule is CCCCCCCCCCOCCOC(C)[N+](C)(C)[O-]. The van der Waals surface area contributed by atoms with Gasteiger partial charge in [-0.15, -0.1) is 0 Å². The fraction of sp³-hybridized carbons (Fsp3) is 1.00. The Morgan fingerprint density at radius 2 is 1.40 bits per heavy atom. The Kier molecular flexibility index (Phi) is 12.5. The molecule has 0 amide bonds. The smallest absolute Gasteiger partial charge is 0.189 e. The third-order valence-electron chi connectivity index (χ3n) is 3.60. The van der Waals surface area contributed by atoms with Gasteiger partial charge in [0, 0.05) is 13.5 Å². The molecule has 0 aliphatic heterocycles. The number of hydrogen-bond acceptors (Lipinski definition) is 3. The van der Waals surface area contributed by atoms with Crippen molar-refractivity contribution < 1.29 is 14.1 Å². The lowest BCUT2D eigenvalue weighted by molar-refractivity contribution is -0.889. The summed E-state index contributed by atoms with van der Waals surface area (Å²) < 4.78 is 10.5. The van der Waals surface area contributed by atoms with Crippen LogP contribution in [0.1, 0.15) is 65.2 Å². The Hall–Kier alpha value is -0.160. The molecule has 0 bridgehead atoms. The summed E-state index contributed by atoms with van der Waals surface area (Å²) in [6.45, 7) is 5.94. The van der Waals surface area contributed by atoms with E-state index in [0.717, 1.165) is 13.0 Å². The van der Waals surface area contributed by atoms with E-state index in [1.165, 1.54) is 44.9 Å². The molecule has 0 radical (unpaired) electrons. The number of unbranched alkanes of at least 4 members (excludes halogenated alkanes) is 7. The predicted octanol–water partition coefficient (Wildman–Crippen LogP) is 4.08. The standard InChI is InChI=1S/C16H35NO3/c1-5-6-7-8-9-10-11-12-13-19-14-15-20-16(2)17(3,4)18/h16H,5-15H2,1-4H3. The van der Waals surface area contributed by atoms with Crippen molar-refractivity contribution in [3.63, 3.8) is 0 Å². The lowest BCUT2D eigenvalue weighted by Crippen LogP contribution is -2.43. The average Bonchev–Trinajstić information content (AvgIpc) is 2.38. The average molecular weight is 289 g/mol. The van der Waals surface area contributed by atoms with Crippen molar-refractivity contribution in [1.29, 1.82) is 0 Å². The van der Waals surface area contributed by atoms with Gasteiger partial charge in [0.25, 0.3) is 0 Å². The molecule has 0 spiro atoms. The number of rotatable bonds is 14. The molecule has 0 aromatic heterocycles. The highest BCUT2D eigenvalue weighted by atomic mass is 16.6. The van der Waals surface area contributed by atoms with Crippen LogP contribution in [0.2, 0.25) is 0 Å². The predicted molar refractivity (Wildman–Crippen MR) is 84.3 cm³/mol. The van der Waals surface area contributed by atoms with Gasteiger partial charge in [0.2, 0.25) is 0 Å². The lowest BCUT2D eigenvalue weighted by Gasteiger charge is -2.39. The number of quaternary nitrogens is 1. The maximum atomic E-state index is 11.5. The zero-order chi connectivity index (χ0) is 15.3. The maximum Gasteiger partial charge on any atom is 0.189 e. The third-order valence-corrected chi connectivity index (χ3v) is 3.60. The second-order valence-electron chi connectivity index (χ2n) is 5.99. The third kappa shape index (κ3) is 12.9. The molecule has 122 valence electrons. The van der Waals surface area contributed by atoms with Crippen molar-refractivity contribution in [3.05, 3.63) is 5.21 Å². The number of hydroxylamine groups is 3. The Bertz CT molecular complexity index is 204. The van der Waals surface area contributed by atoms with E-state index in [1.807, 2.05) is 0 Å². The molecule has 0 saturated heterocycles. The molecular weight excluding hydrogens is 254 g/mol. The van der Waals surface area contributed by atoms with Crippen LogP contribution < -0.4 is 0 Å². The molecule has 1 unspecified atom stereocenters. The summed E-state index contributed by atoms with van der Waals surface area (Å²) in [4.78, 5) is 0. The van der Waals surface area contributed by atoms with Crippen LogP contribution in [-0.2, 0) is 9.47 Å². The first-order valence-electron chi connectivity index (χ1n) is 8.22. The van der Waals surface area contributed by atoms with Gasteiger partial charge in [0.15, 0.2) is 6.23 Å². The van der Waals surface area contributed by atoms with Gasteiger partial charge < -0.3 is 19.3 Å². The van der Waals surface area contributed by atoms with Gasteiger partial charge in [-0.25, -0.2) is 0 Å². The zero-order valence-corrected chi connectivity index (χ0v) is 14.0. The molecule has 0 aromatic rings. The summed E-state index contributed by atoms with van der Waals surface area (Å²) >= 11 is 0. The minimum absolute atomic E-state index is 0.332. The minimum atomic E-state index is -0.419. The molecular formula is C16H35NO3. The van der Waals surface area contributed by atoms with Crippen molar-refractivity contribution in [3.8, 4) is 0 Å². The quantitative estimate of drug-likeness (QED) is 0.209.